The van der Waals surface area contributed by atoms with Crippen molar-refractivity contribution >= 4 is 12.2 Å². The number of ether oxygens (including phenoxy) is 2. The Morgan fingerprint density at radius 1 is 0.373 bits per heavy atom. The molecule has 6 heteroatoms. The van der Waals surface area contributed by atoms with Crippen molar-refractivity contribution in [3.05, 3.63) is 59.7 Å². The molecule has 0 bridgehead atoms. The molecule has 0 atom stereocenters. The van der Waals surface area contributed by atoms with Gasteiger partial charge >= 0.3 is 12.2 Å². The van der Waals surface area contributed by atoms with Crippen molar-refractivity contribution in [3.63, 3.8) is 0 Å². The first-order valence-electron chi connectivity index (χ1n) is 25.0. The molecule has 0 heterocycles. The van der Waals surface area contributed by atoms with Crippen LogP contribution >= 0.6 is 0 Å². The first-order chi connectivity index (χ1) is 28.9. The second-order valence-corrected chi connectivity index (χ2v) is 17.9. The SMILES string of the molecule is CCCCCCCCCCCCCCCCCCNC(=O)Oc1ccc(C(C)(C)c2ccc(OC(=O)NCCCCCCCCCCCCCCCCCC)cc2)cc1. The number of carbonyl (C=O) groups is 2. The monoisotopic (exact) mass is 819 g/mol. The van der Waals surface area contributed by atoms with Gasteiger partial charge < -0.3 is 20.1 Å². The molecule has 0 radical (unpaired) electrons. The highest BCUT2D eigenvalue weighted by Crippen LogP contribution is 2.33. The fraction of sp³-hybridized carbons (Fsp3) is 0.736. The van der Waals surface area contributed by atoms with E-state index in [-0.39, 0.29) is 5.41 Å². The van der Waals surface area contributed by atoms with Gasteiger partial charge in [-0.25, -0.2) is 9.59 Å². The largest absolute Gasteiger partial charge is 0.412 e. The molecule has 0 spiro atoms. The van der Waals surface area contributed by atoms with Gasteiger partial charge in [0.15, 0.2) is 0 Å². The molecule has 2 N–H and O–H groups in total. The van der Waals surface area contributed by atoms with Crippen LogP contribution in [0, 0.1) is 0 Å². The van der Waals surface area contributed by atoms with E-state index in [1.54, 1.807) is 0 Å². The lowest BCUT2D eigenvalue weighted by Crippen LogP contribution is -2.28. The molecule has 0 aliphatic heterocycles. The van der Waals surface area contributed by atoms with Crippen LogP contribution in [-0.4, -0.2) is 25.3 Å². The highest BCUT2D eigenvalue weighted by molar-refractivity contribution is 5.70. The fourth-order valence-corrected chi connectivity index (χ4v) is 8.06. The molecule has 0 saturated carbocycles. The van der Waals surface area contributed by atoms with Crippen molar-refractivity contribution in [1.29, 1.82) is 0 Å². The second kappa shape index (κ2) is 35.7. The third-order valence-electron chi connectivity index (χ3n) is 12.2. The van der Waals surface area contributed by atoms with E-state index < -0.39 is 12.2 Å². The van der Waals surface area contributed by atoms with Gasteiger partial charge in [0.2, 0.25) is 0 Å². The lowest BCUT2D eigenvalue weighted by molar-refractivity contribution is 0.199. The minimum atomic E-state index is -0.400. The summed E-state index contributed by atoms with van der Waals surface area (Å²) in [7, 11) is 0. The summed E-state index contributed by atoms with van der Waals surface area (Å²) in [6.45, 7) is 10.2. The average Bonchev–Trinajstić information content (AvgIpc) is 3.23. The van der Waals surface area contributed by atoms with E-state index in [9.17, 15) is 9.59 Å². The Kier molecular flexibility index (Phi) is 31.5. The van der Waals surface area contributed by atoms with Crippen molar-refractivity contribution in [3.8, 4) is 11.5 Å². The zero-order valence-corrected chi connectivity index (χ0v) is 38.8. The molecule has 2 rings (SSSR count). The van der Waals surface area contributed by atoms with Gasteiger partial charge in [-0.1, -0.05) is 245 Å². The number of hydrogen-bond donors (Lipinski definition) is 2. The first kappa shape index (κ1) is 52.1. The zero-order valence-electron chi connectivity index (χ0n) is 38.8. The van der Waals surface area contributed by atoms with Gasteiger partial charge in [-0.15, -0.1) is 0 Å². The molecule has 0 saturated heterocycles. The fourth-order valence-electron chi connectivity index (χ4n) is 8.06. The summed E-state index contributed by atoms with van der Waals surface area (Å²) in [6.07, 6.45) is 41.9. The van der Waals surface area contributed by atoms with E-state index in [1.807, 2.05) is 48.5 Å². The van der Waals surface area contributed by atoms with Crippen LogP contribution in [0.15, 0.2) is 48.5 Å². The molecular formula is C53H90N2O4. The summed E-state index contributed by atoms with van der Waals surface area (Å²) in [5.74, 6) is 1.06. The summed E-state index contributed by atoms with van der Waals surface area (Å²) < 4.78 is 11.1. The van der Waals surface area contributed by atoms with Gasteiger partial charge in [0.05, 0.1) is 0 Å². The van der Waals surface area contributed by atoms with Crippen LogP contribution < -0.4 is 20.1 Å². The summed E-state index contributed by atoms with van der Waals surface area (Å²) >= 11 is 0. The third-order valence-corrected chi connectivity index (χ3v) is 12.2. The Hall–Kier alpha value is -3.02. The van der Waals surface area contributed by atoms with Crippen molar-refractivity contribution in [2.45, 2.75) is 239 Å². The number of amides is 2. The quantitative estimate of drug-likeness (QED) is 0.0662. The normalized spacial score (nSPS) is 11.5. The van der Waals surface area contributed by atoms with Crippen LogP contribution in [0.5, 0.6) is 11.5 Å². The van der Waals surface area contributed by atoms with Crippen LogP contribution in [0.3, 0.4) is 0 Å². The Labute approximate surface area is 363 Å². The maximum atomic E-state index is 12.4. The Morgan fingerprint density at radius 2 is 0.593 bits per heavy atom. The molecular weight excluding hydrogens is 729 g/mol. The summed E-state index contributed by atoms with van der Waals surface area (Å²) in [6, 6.07) is 15.4. The van der Waals surface area contributed by atoms with Crippen molar-refractivity contribution in [1.82, 2.24) is 10.6 Å². The van der Waals surface area contributed by atoms with Crippen molar-refractivity contribution in [2.75, 3.05) is 13.1 Å². The minimum absolute atomic E-state index is 0.290. The molecule has 0 fully saturated rings. The topological polar surface area (TPSA) is 76.7 Å². The Bertz CT molecular complexity index is 1180. The second-order valence-electron chi connectivity index (χ2n) is 17.9. The van der Waals surface area contributed by atoms with E-state index in [2.05, 4.69) is 38.3 Å². The van der Waals surface area contributed by atoms with Crippen LogP contribution in [0.2, 0.25) is 0 Å². The molecule has 0 aliphatic carbocycles. The predicted molar refractivity (Wildman–Crippen MR) is 252 cm³/mol. The van der Waals surface area contributed by atoms with Gasteiger partial charge in [0.1, 0.15) is 11.5 Å². The number of rotatable bonds is 38. The highest BCUT2D eigenvalue weighted by atomic mass is 16.6. The number of unbranched alkanes of at least 4 members (excludes halogenated alkanes) is 30. The maximum Gasteiger partial charge on any atom is 0.412 e. The van der Waals surface area contributed by atoms with E-state index in [0.717, 1.165) is 36.8 Å². The van der Waals surface area contributed by atoms with Gasteiger partial charge in [0.25, 0.3) is 0 Å². The van der Waals surface area contributed by atoms with Crippen LogP contribution in [0.25, 0.3) is 0 Å². The molecule has 0 aliphatic rings. The minimum Gasteiger partial charge on any atom is -0.410 e. The van der Waals surface area contributed by atoms with Gasteiger partial charge in [-0.3, -0.25) is 0 Å². The highest BCUT2D eigenvalue weighted by Gasteiger charge is 2.23. The van der Waals surface area contributed by atoms with Crippen LogP contribution in [0.1, 0.15) is 244 Å². The lowest BCUT2D eigenvalue weighted by Gasteiger charge is -2.26. The third kappa shape index (κ3) is 27.4. The first-order valence-corrected chi connectivity index (χ1v) is 25.0. The average molecular weight is 819 g/mol. The van der Waals surface area contributed by atoms with Crippen LogP contribution in [0.4, 0.5) is 9.59 Å². The summed E-state index contributed by atoms with van der Waals surface area (Å²) in [5, 5.41) is 5.81. The number of hydrogen-bond acceptors (Lipinski definition) is 4. The lowest BCUT2D eigenvalue weighted by atomic mass is 9.78. The Balaban J connectivity index is 1.49. The molecule has 0 unspecified atom stereocenters. The van der Waals surface area contributed by atoms with Crippen molar-refractivity contribution < 1.29 is 19.1 Å². The van der Waals surface area contributed by atoms with Crippen LogP contribution in [-0.2, 0) is 5.41 Å². The Morgan fingerprint density at radius 3 is 0.831 bits per heavy atom. The van der Waals surface area contributed by atoms with Gasteiger partial charge in [-0.05, 0) is 48.2 Å². The van der Waals surface area contributed by atoms with Gasteiger partial charge in [0, 0.05) is 18.5 Å². The molecule has 59 heavy (non-hydrogen) atoms. The molecule has 2 amide bonds. The molecule has 2 aromatic carbocycles. The smallest absolute Gasteiger partial charge is 0.410 e. The zero-order chi connectivity index (χ0) is 42.5. The van der Waals surface area contributed by atoms with Gasteiger partial charge in [-0.2, -0.15) is 0 Å². The van der Waals surface area contributed by atoms with E-state index in [1.165, 1.54) is 180 Å². The number of benzene rings is 2. The molecule has 2 aromatic rings. The molecule has 336 valence electrons. The number of nitrogens with one attached hydrogen (secondary N) is 2. The number of carbonyl (C=O) groups excluding carboxylic acids is 2. The van der Waals surface area contributed by atoms with Crippen molar-refractivity contribution in [2.24, 2.45) is 0 Å². The molecule has 0 aromatic heterocycles. The standard InChI is InChI=1S/C53H90N2O4/c1-5-7-9-11-13-15-17-19-21-23-25-27-29-31-33-35-45-54-51(56)58-49-41-37-47(38-42-49)53(3,4)48-39-43-50(44-40-48)59-52(57)55-46-36-34-32-30-28-26-24-22-20-18-16-14-12-10-8-6-2/h37-44H,5-36,45-46H2,1-4H3,(H,54,56)(H,55,57). The summed E-state index contributed by atoms with van der Waals surface area (Å²) in [4.78, 5) is 24.8. The van der Waals surface area contributed by atoms with E-state index in [4.69, 9.17) is 9.47 Å². The van der Waals surface area contributed by atoms with E-state index in [0.29, 0.717) is 24.6 Å². The predicted octanol–water partition coefficient (Wildman–Crippen LogP) is 16.7. The molecule has 6 nitrogen and oxygen atoms in total. The van der Waals surface area contributed by atoms with E-state index >= 15 is 0 Å². The summed E-state index contributed by atoms with van der Waals surface area (Å²) in [5.41, 5.74) is 1.91. The maximum absolute atomic E-state index is 12.4.